The van der Waals surface area contributed by atoms with Gasteiger partial charge in [0.2, 0.25) is 0 Å². The van der Waals surface area contributed by atoms with Gasteiger partial charge in [-0.15, -0.1) is 0 Å². The van der Waals surface area contributed by atoms with Crippen LogP contribution >= 0.6 is 0 Å². The Bertz CT molecular complexity index is 1470. The molecule has 0 spiro atoms. The molecule has 4 heterocycles. The minimum Gasteiger partial charge on any atom is -0.379 e. The van der Waals surface area contributed by atoms with Crippen LogP contribution in [-0.2, 0) is 21.3 Å². The lowest BCUT2D eigenvalue weighted by atomic mass is 10.1. The molecule has 8 nitrogen and oxygen atoms in total. The van der Waals surface area contributed by atoms with E-state index in [1.165, 1.54) is 9.66 Å². The van der Waals surface area contributed by atoms with Gasteiger partial charge in [0.1, 0.15) is 0 Å². The van der Waals surface area contributed by atoms with E-state index in [-0.39, 0.29) is 4.90 Å². The third kappa shape index (κ3) is 4.75. The molecule has 192 valence electrons. The number of morpholine rings is 1. The number of aromatic nitrogens is 2. The molecule has 0 amide bonds. The van der Waals surface area contributed by atoms with Crippen molar-refractivity contribution in [1.29, 1.82) is 0 Å². The van der Waals surface area contributed by atoms with Gasteiger partial charge in [-0.3, -0.25) is 9.88 Å². The predicted molar refractivity (Wildman–Crippen MR) is 145 cm³/mol. The van der Waals surface area contributed by atoms with Crippen LogP contribution in [-0.4, -0.2) is 74.8 Å². The van der Waals surface area contributed by atoms with Gasteiger partial charge in [-0.1, -0.05) is 30.3 Å². The van der Waals surface area contributed by atoms with Crippen molar-refractivity contribution < 1.29 is 13.2 Å². The molecule has 0 bridgehead atoms. The third-order valence-electron chi connectivity index (χ3n) is 7.15. The quantitative estimate of drug-likeness (QED) is 0.421. The Morgan fingerprint density at radius 1 is 0.892 bits per heavy atom. The molecular formula is C28H31N5O3S. The maximum absolute atomic E-state index is 13.9. The first-order chi connectivity index (χ1) is 18.1. The van der Waals surface area contributed by atoms with E-state index < -0.39 is 10.0 Å². The van der Waals surface area contributed by atoms with Gasteiger partial charge >= 0.3 is 0 Å². The normalized spacial score (nSPS) is 17.4. The van der Waals surface area contributed by atoms with Crippen LogP contribution in [0, 0.1) is 0 Å². The molecule has 0 unspecified atom stereocenters. The van der Waals surface area contributed by atoms with E-state index >= 15 is 0 Å². The zero-order chi connectivity index (χ0) is 25.2. The molecule has 0 radical (unpaired) electrons. The summed E-state index contributed by atoms with van der Waals surface area (Å²) in [5.74, 6) is 0. The zero-order valence-corrected chi connectivity index (χ0v) is 21.5. The number of ether oxygens (including phenoxy) is 1. The van der Waals surface area contributed by atoms with Gasteiger partial charge < -0.3 is 15.0 Å². The smallest absolute Gasteiger partial charge is 0.268 e. The van der Waals surface area contributed by atoms with E-state index in [4.69, 9.17) is 9.72 Å². The summed E-state index contributed by atoms with van der Waals surface area (Å²) in [6.07, 6.45) is 1.71. The van der Waals surface area contributed by atoms with Crippen LogP contribution in [0.4, 0.5) is 5.69 Å². The molecule has 2 aromatic heterocycles. The lowest BCUT2D eigenvalue weighted by molar-refractivity contribution is 0.0336. The molecule has 2 saturated heterocycles. The lowest BCUT2D eigenvalue weighted by Crippen LogP contribution is -2.43. The Balaban J connectivity index is 1.45. The van der Waals surface area contributed by atoms with Crippen molar-refractivity contribution in [3.05, 3.63) is 78.6 Å². The van der Waals surface area contributed by atoms with Crippen LogP contribution in [0.3, 0.4) is 0 Å². The highest BCUT2D eigenvalue weighted by Crippen LogP contribution is 2.33. The highest BCUT2D eigenvalue weighted by atomic mass is 32.2. The van der Waals surface area contributed by atoms with Crippen LogP contribution in [0.2, 0.25) is 0 Å². The summed E-state index contributed by atoms with van der Waals surface area (Å²) in [6.45, 7) is 7.30. The fraction of sp³-hybridized carbons (Fsp3) is 0.321. The van der Waals surface area contributed by atoms with Crippen molar-refractivity contribution in [2.24, 2.45) is 0 Å². The second-order valence-electron chi connectivity index (χ2n) is 9.48. The highest BCUT2D eigenvalue weighted by Gasteiger charge is 2.26. The molecule has 2 fully saturated rings. The molecule has 0 saturated carbocycles. The van der Waals surface area contributed by atoms with Gasteiger partial charge in [-0.25, -0.2) is 12.4 Å². The Morgan fingerprint density at radius 3 is 2.35 bits per heavy atom. The molecule has 4 aromatic rings. The molecule has 6 rings (SSSR count). The third-order valence-corrected chi connectivity index (χ3v) is 8.93. The topological polar surface area (TPSA) is 79.7 Å². The van der Waals surface area contributed by atoms with Crippen LogP contribution in [0.1, 0.15) is 5.69 Å². The van der Waals surface area contributed by atoms with Crippen molar-refractivity contribution >= 4 is 26.6 Å². The Kier molecular flexibility index (Phi) is 6.69. The summed E-state index contributed by atoms with van der Waals surface area (Å²) in [6, 6.07) is 20.9. The fourth-order valence-corrected chi connectivity index (χ4v) is 6.77. The van der Waals surface area contributed by atoms with Crippen molar-refractivity contribution in [2.75, 3.05) is 57.4 Å². The molecule has 2 aromatic carbocycles. The number of fused-ring (bicyclic) bond motifs is 1. The number of hydrogen-bond acceptors (Lipinski definition) is 7. The number of rotatable bonds is 6. The van der Waals surface area contributed by atoms with E-state index in [1.54, 1.807) is 36.5 Å². The second kappa shape index (κ2) is 10.3. The number of pyridine rings is 1. The Hall–Kier alpha value is -3.24. The summed E-state index contributed by atoms with van der Waals surface area (Å²) in [7, 11) is -3.81. The van der Waals surface area contributed by atoms with E-state index in [0.29, 0.717) is 25.3 Å². The first-order valence-corrected chi connectivity index (χ1v) is 14.2. The van der Waals surface area contributed by atoms with Crippen LogP contribution in [0.15, 0.2) is 77.8 Å². The maximum atomic E-state index is 13.9. The van der Waals surface area contributed by atoms with Gasteiger partial charge in [0.25, 0.3) is 10.0 Å². The van der Waals surface area contributed by atoms with Gasteiger partial charge in [-0.2, -0.15) is 0 Å². The summed E-state index contributed by atoms with van der Waals surface area (Å²) in [5, 5.41) is 4.22. The van der Waals surface area contributed by atoms with Gasteiger partial charge in [0, 0.05) is 74.3 Å². The van der Waals surface area contributed by atoms with Gasteiger partial charge in [-0.05, 0) is 36.4 Å². The van der Waals surface area contributed by atoms with Crippen molar-refractivity contribution in [3.8, 4) is 11.3 Å². The molecule has 37 heavy (non-hydrogen) atoms. The highest BCUT2D eigenvalue weighted by molar-refractivity contribution is 7.90. The molecule has 0 atom stereocenters. The summed E-state index contributed by atoms with van der Waals surface area (Å²) in [5.41, 5.74) is 4.32. The first-order valence-electron chi connectivity index (χ1n) is 12.8. The first kappa shape index (κ1) is 24.1. The van der Waals surface area contributed by atoms with E-state index in [9.17, 15) is 8.42 Å². The predicted octanol–water partition coefficient (Wildman–Crippen LogP) is 3.18. The van der Waals surface area contributed by atoms with E-state index in [0.717, 1.165) is 61.6 Å². The van der Waals surface area contributed by atoms with Crippen LogP contribution in [0.5, 0.6) is 0 Å². The van der Waals surface area contributed by atoms with Crippen molar-refractivity contribution in [3.63, 3.8) is 0 Å². The minimum atomic E-state index is -3.81. The molecule has 9 heteroatoms. The van der Waals surface area contributed by atoms with Crippen LogP contribution < -0.4 is 10.2 Å². The number of anilines is 1. The number of nitrogens with zero attached hydrogens (tertiary/aromatic N) is 4. The Morgan fingerprint density at radius 2 is 1.62 bits per heavy atom. The maximum Gasteiger partial charge on any atom is 0.268 e. The number of piperazine rings is 1. The fourth-order valence-electron chi connectivity index (χ4n) is 5.23. The Labute approximate surface area is 217 Å². The largest absolute Gasteiger partial charge is 0.379 e. The monoisotopic (exact) mass is 517 g/mol. The summed E-state index contributed by atoms with van der Waals surface area (Å²) < 4.78 is 34.9. The molecule has 1 N–H and O–H groups in total. The number of nitrogens with one attached hydrogen (secondary N) is 1. The molecule has 0 aliphatic carbocycles. The van der Waals surface area contributed by atoms with Gasteiger partial charge in [0.15, 0.2) is 0 Å². The lowest BCUT2D eigenvalue weighted by Gasteiger charge is -2.29. The van der Waals surface area contributed by atoms with Crippen molar-refractivity contribution in [1.82, 2.24) is 19.2 Å². The number of hydrogen-bond donors (Lipinski definition) is 1. The van der Waals surface area contributed by atoms with Crippen molar-refractivity contribution in [2.45, 2.75) is 11.4 Å². The minimum absolute atomic E-state index is 0.273. The zero-order valence-electron chi connectivity index (χ0n) is 20.7. The molecule has 2 aliphatic heterocycles. The average Bonchev–Trinajstić information content (AvgIpc) is 3.33. The summed E-state index contributed by atoms with van der Waals surface area (Å²) in [4.78, 5) is 9.60. The number of benzene rings is 2. The molecule has 2 aliphatic rings. The van der Waals surface area contributed by atoms with E-state index in [1.807, 2.05) is 12.1 Å². The van der Waals surface area contributed by atoms with Gasteiger partial charge in [0.05, 0.1) is 29.3 Å². The van der Waals surface area contributed by atoms with Crippen LogP contribution in [0.25, 0.3) is 22.2 Å². The average molecular weight is 518 g/mol. The van der Waals surface area contributed by atoms with E-state index in [2.05, 4.69) is 39.4 Å². The SMILES string of the molecule is O=S(=O)(c1ccccc1)n1c(CN2CCOCC2)cc2c(-c3ccc(N4CCNCC4)cc3)nccc21. The second-order valence-corrected chi connectivity index (χ2v) is 11.3. The summed E-state index contributed by atoms with van der Waals surface area (Å²) >= 11 is 0. The molecular weight excluding hydrogens is 486 g/mol. The standard InChI is InChI=1S/C28H31N5O3S/c34-37(35,25-4-2-1-3-5-25)33-24(21-31-16-18-36-19-17-31)20-26-27(33)10-11-30-28(26)22-6-8-23(9-7-22)32-14-12-29-13-15-32/h1-11,20,29H,12-19,21H2.